The van der Waals surface area contributed by atoms with E-state index in [1.807, 2.05) is 20.8 Å². The van der Waals surface area contributed by atoms with Gasteiger partial charge in [0.15, 0.2) is 5.78 Å². The van der Waals surface area contributed by atoms with Crippen molar-refractivity contribution in [2.75, 3.05) is 18.8 Å². The molecule has 0 bridgehead atoms. The summed E-state index contributed by atoms with van der Waals surface area (Å²) in [5, 5.41) is 0. The van der Waals surface area contributed by atoms with Crippen molar-refractivity contribution in [1.82, 2.24) is 4.90 Å². The zero-order chi connectivity index (χ0) is 14.0. The highest BCUT2D eigenvalue weighted by Gasteiger charge is 2.29. The van der Waals surface area contributed by atoms with E-state index >= 15 is 0 Å². The molecule has 4 heteroatoms. The van der Waals surface area contributed by atoms with E-state index in [1.165, 1.54) is 0 Å². The Labute approximate surface area is 114 Å². The van der Waals surface area contributed by atoms with Crippen LogP contribution in [0.25, 0.3) is 0 Å². The Bertz CT molecular complexity index is 434. The van der Waals surface area contributed by atoms with Gasteiger partial charge in [-0.05, 0) is 45.0 Å². The first-order valence-electron chi connectivity index (χ1n) is 6.76. The summed E-state index contributed by atoms with van der Waals surface area (Å²) in [6, 6.07) is 7.00. The topological polar surface area (TPSA) is 55.6 Å². The lowest BCUT2D eigenvalue weighted by Crippen LogP contribution is -2.51. The van der Waals surface area contributed by atoms with Gasteiger partial charge in [-0.15, -0.1) is 0 Å². The second kappa shape index (κ2) is 5.72. The van der Waals surface area contributed by atoms with E-state index in [2.05, 4.69) is 4.90 Å². The summed E-state index contributed by atoms with van der Waals surface area (Å²) < 4.78 is 5.70. The number of benzene rings is 1. The van der Waals surface area contributed by atoms with E-state index in [4.69, 9.17) is 10.5 Å². The maximum Gasteiger partial charge on any atom is 0.179 e. The minimum atomic E-state index is -0.127. The second-order valence-corrected chi connectivity index (χ2v) is 5.37. The molecule has 0 amide bonds. The van der Waals surface area contributed by atoms with Crippen LogP contribution in [-0.4, -0.2) is 42.0 Å². The Balaban J connectivity index is 2.08. The second-order valence-electron chi connectivity index (χ2n) is 5.37. The normalized spacial score (nSPS) is 26.1. The summed E-state index contributed by atoms with van der Waals surface area (Å²) in [5.41, 5.74) is 7.04. The number of carbonyl (C=O) groups is 1. The molecule has 1 saturated heterocycles. The largest absolute Gasteiger partial charge is 0.399 e. The van der Waals surface area contributed by atoms with Gasteiger partial charge in [-0.3, -0.25) is 9.69 Å². The zero-order valence-corrected chi connectivity index (χ0v) is 11.8. The van der Waals surface area contributed by atoms with E-state index in [0.717, 1.165) is 13.1 Å². The third-order valence-corrected chi connectivity index (χ3v) is 3.57. The van der Waals surface area contributed by atoms with Crippen LogP contribution in [0.4, 0.5) is 5.69 Å². The van der Waals surface area contributed by atoms with Crippen molar-refractivity contribution in [3.63, 3.8) is 0 Å². The van der Waals surface area contributed by atoms with Crippen LogP contribution in [0.5, 0.6) is 0 Å². The van der Waals surface area contributed by atoms with E-state index < -0.39 is 0 Å². The van der Waals surface area contributed by atoms with Crippen LogP contribution >= 0.6 is 0 Å². The Morgan fingerprint density at radius 2 is 1.79 bits per heavy atom. The Kier molecular flexibility index (Phi) is 4.22. The molecular formula is C15H22N2O2. The molecule has 4 nitrogen and oxygen atoms in total. The first kappa shape index (κ1) is 14.0. The van der Waals surface area contributed by atoms with Gasteiger partial charge >= 0.3 is 0 Å². The number of rotatable bonds is 3. The van der Waals surface area contributed by atoms with Gasteiger partial charge in [-0.25, -0.2) is 0 Å². The summed E-state index contributed by atoms with van der Waals surface area (Å²) in [5.74, 6) is 0.140. The number of morpholine rings is 1. The smallest absolute Gasteiger partial charge is 0.179 e. The summed E-state index contributed by atoms with van der Waals surface area (Å²) in [7, 11) is 0. The highest BCUT2D eigenvalue weighted by atomic mass is 16.5. The summed E-state index contributed by atoms with van der Waals surface area (Å²) in [4.78, 5) is 14.6. The molecule has 0 radical (unpaired) electrons. The SMILES string of the molecule is CC1CN(C(C)C(=O)c2ccc(N)cc2)CC(C)O1. The maximum atomic E-state index is 12.4. The van der Waals surface area contributed by atoms with E-state index in [0.29, 0.717) is 11.3 Å². The number of ketones is 1. The number of anilines is 1. The fraction of sp³-hybridized carbons (Fsp3) is 0.533. The van der Waals surface area contributed by atoms with E-state index in [-0.39, 0.29) is 24.0 Å². The number of carbonyl (C=O) groups excluding carboxylic acids is 1. The van der Waals surface area contributed by atoms with Crippen LogP contribution in [-0.2, 0) is 4.74 Å². The fourth-order valence-corrected chi connectivity index (χ4v) is 2.59. The quantitative estimate of drug-likeness (QED) is 0.668. The molecule has 1 fully saturated rings. The number of ether oxygens (including phenoxy) is 1. The first-order chi connectivity index (χ1) is 8.97. The third kappa shape index (κ3) is 3.33. The predicted octanol–water partition coefficient (Wildman–Crippen LogP) is 1.95. The van der Waals surface area contributed by atoms with Crippen molar-refractivity contribution in [2.24, 2.45) is 0 Å². The molecule has 2 N–H and O–H groups in total. The summed E-state index contributed by atoms with van der Waals surface area (Å²) in [6.45, 7) is 7.65. The molecule has 1 aliphatic heterocycles. The van der Waals surface area contributed by atoms with E-state index in [1.54, 1.807) is 24.3 Å². The van der Waals surface area contributed by atoms with Crippen LogP contribution in [0.2, 0.25) is 0 Å². The van der Waals surface area contributed by atoms with Gasteiger partial charge in [0.1, 0.15) is 0 Å². The molecule has 0 spiro atoms. The maximum absolute atomic E-state index is 12.4. The van der Waals surface area contributed by atoms with Crippen molar-refractivity contribution in [1.29, 1.82) is 0 Å². The summed E-state index contributed by atoms with van der Waals surface area (Å²) in [6.07, 6.45) is 0.343. The predicted molar refractivity (Wildman–Crippen MR) is 76.2 cm³/mol. The van der Waals surface area contributed by atoms with Crippen molar-refractivity contribution in [2.45, 2.75) is 39.0 Å². The minimum absolute atomic E-state index is 0.127. The van der Waals surface area contributed by atoms with Gasteiger partial charge in [0.25, 0.3) is 0 Å². The molecule has 0 aromatic heterocycles. The molecule has 0 saturated carbocycles. The molecule has 1 aromatic rings. The monoisotopic (exact) mass is 262 g/mol. The molecule has 2 rings (SSSR count). The van der Waals surface area contributed by atoms with E-state index in [9.17, 15) is 4.79 Å². The number of nitrogens with zero attached hydrogens (tertiary/aromatic N) is 1. The lowest BCUT2D eigenvalue weighted by atomic mass is 10.0. The van der Waals surface area contributed by atoms with Gasteiger partial charge in [0, 0.05) is 24.3 Å². The molecule has 3 unspecified atom stereocenters. The number of Topliss-reactive ketones (excluding diaryl/α,β-unsaturated/α-hetero) is 1. The number of hydrogen-bond acceptors (Lipinski definition) is 4. The van der Waals surface area contributed by atoms with Gasteiger partial charge in [0.05, 0.1) is 18.2 Å². The molecule has 19 heavy (non-hydrogen) atoms. The van der Waals surface area contributed by atoms with Crippen LogP contribution < -0.4 is 5.73 Å². The van der Waals surface area contributed by atoms with Gasteiger partial charge in [0.2, 0.25) is 0 Å². The lowest BCUT2D eigenvalue weighted by molar-refractivity contribution is -0.0744. The van der Waals surface area contributed by atoms with Crippen molar-refractivity contribution >= 4 is 11.5 Å². The molecule has 104 valence electrons. The van der Waals surface area contributed by atoms with Crippen molar-refractivity contribution in [3.8, 4) is 0 Å². The molecule has 0 aliphatic carbocycles. The molecule has 1 heterocycles. The molecule has 1 aromatic carbocycles. The Morgan fingerprint density at radius 3 is 2.32 bits per heavy atom. The zero-order valence-electron chi connectivity index (χ0n) is 11.8. The first-order valence-corrected chi connectivity index (χ1v) is 6.76. The number of nitrogens with two attached hydrogens (primary N) is 1. The standard InChI is InChI=1S/C15H22N2O2/c1-10-8-17(9-11(2)19-10)12(3)15(18)13-4-6-14(16)7-5-13/h4-7,10-12H,8-9,16H2,1-3H3. The highest BCUT2D eigenvalue weighted by molar-refractivity contribution is 6.00. The van der Waals surface area contributed by atoms with Gasteiger partial charge in [-0.1, -0.05) is 0 Å². The fourth-order valence-electron chi connectivity index (χ4n) is 2.59. The van der Waals surface area contributed by atoms with Gasteiger partial charge < -0.3 is 10.5 Å². The average Bonchev–Trinajstić information content (AvgIpc) is 2.37. The molecule has 3 atom stereocenters. The minimum Gasteiger partial charge on any atom is -0.399 e. The highest BCUT2D eigenvalue weighted by Crippen LogP contribution is 2.17. The van der Waals surface area contributed by atoms with Gasteiger partial charge in [-0.2, -0.15) is 0 Å². The molecular weight excluding hydrogens is 240 g/mol. The third-order valence-electron chi connectivity index (χ3n) is 3.57. The molecule has 1 aliphatic rings. The van der Waals surface area contributed by atoms with Crippen molar-refractivity contribution < 1.29 is 9.53 Å². The van der Waals surface area contributed by atoms with Crippen LogP contribution in [0.1, 0.15) is 31.1 Å². The van der Waals surface area contributed by atoms with Crippen LogP contribution in [0, 0.1) is 0 Å². The van der Waals surface area contributed by atoms with Crippen molar-refractivity contribution in [3.05, 3.63) is 29.8 Å². The summed E-state index contributed by atoms with van der Waals surface area (Å²) >= 11 is 0. The number of hydrogen-bond donors (Lipinski definition) is 1. The lowest BCUT2D eigenvalue weighted by Gasteiger charge is -2.38. The van der Waals surface area contributed by atoms with Crippen LogP contribution in [0.3, 0.4) is 0 Å². The van der Waals surface area contributed by atoms with Crippen LogP contribution in [0.15, 0.2) is 24.3 Å². The average molecular weight is 262 g/mol. The Hall–Kier alpha value is -1.39. The number of nitrogen functional groups attached to an aromatic ring is 1. The Morgan fingerprint density at radius 1 is 1.26 bits per heavy atom.